The van der Waals surface area contributed by atoms with Crippen LogP contribution in [0.15, 0.2) is 60.7 Å². The van der Waals surface area contributed by atoms with E-state index in [1.54, 1.807) is 0 Å². The van der Waals surface area contributed by atoms with Gasteiger partial charge in [-0.2, -0.15) is 0 Å². The third kappa shape index (κ3) is 13.0. The lowest BCUT2D eigenvalue weighted by molar-refractivity contribution is 1.48. The van der Waals surface area contributed by atoms with Crippen LogP contribution in [0.5, 0.6) is 0 Å². The Morgan fingerprint density at radius 1 is 0.556 bits per heavy atom. The number of rotatable bonds is 0. The van der Waals surface area contributed by atoms with Crippen LogP contribution in [0.1, 0.15) is 25.0 Å². The van der Waals surface area contributed by atoms with Crippen LogP contribution >= 0.6 is 15.9 Å². The second kappa shape index (κ2) is 15.9. The maximum absolute atomic E-state index is 2.94. The first kappa shape index (κ1) is 19.3. The normalized spacial score (nSPS) is 7.44. The Labute approximate surface area is 121 Å². The Morgan fingerprint density at radius 2 is 0.778 bits per heavy atom. The van der Waals surface area contributed by atoms with Crippen molar-refractivity contribution in [3.8, 4) is 0 Å². The molecule has 0 N–H and O–H groups in total. The molecule has 2 rings (SSSR count). The largest absolute Gasteiger partial charge is 0.0966 e. The van der Waals surface area contributed by atoms with E-state index in [1.807, 2.05) is 56.1 Å². The van der Waals surface area contributed by atoms with Gasteiger partial charge in [0.25, 0.3) is 0 Å². The molecule has 0 bridgehead atoms. The summed E-state index contributed by atoms with van der Waals surface area (Å²) in [7, 11) is 0. The number of halogens is 1. The van der Waals surface area contributed by atoms with Crippen LogP contribution in [0.4, 0.5) is 0 Å². The third-order valence-corrected chi connectivity index (χ3v) is 1.88. The molecule has 0 amide bonds. The van der Waals surface area contributed by atoms with Gasteiger partial charge in [-0.3, -0.25) is 0 Å². The fraction of sp³-hybridized carbons (Fsp3) is 0.294. The minimum Gasteiger partial charge on any atom is -0.0966 e. The van der Waals surface area contributed by atoms with Gasteiger partial charge in [-0.25, -0.2) is 0 Å². The lowest BCUT2D eigenvalue weighted by atomic mass is 10.2. The van der Waals surface area contributed by atoms with E-state index >= 15 is 0 Å². The van der Waals surface area contributed by atoms with Crippen LogP contribution in [0.2, 0.25) is 0 Å². The molecule has 0 radical (unpaired) electrons. The van der Waals surface area contributed by atoms with Crippen molar-refractivity contribution in [1.82, 2.24) is 0 Å². The Balaban J connectivity index is 0. The lowest BCUT2D eigenvalue weighted by Crippen LogP contribution is -1.62. The van der Waals surface area contributed by atoms with Crippen LogP contribution in [0, 0.1) is 13.8 Å². The third-order valence-electron chi connectivity index (χ3n) is 1.88. The van der Waals surface area contributed by atoms with E-state index in [-0.39, 0.29) is 0 Å². The molecule has 0 fully saturated rings. The molecule has 0 aromatic heterocycles. The molecule has 0 aliphatic heterocycles. The predicted molar refractivity (Wildman–Crippen MR) is 88.6 cm³/mol. The fourth-order valence-corrected chi connectivity index (χ4v) is 1.07. The Kier molecular flexibility index (Phi) is 17.0. The van der Waals surface area contributed by atoms with Crippen molar-refractivity contribution in [1.29, 1.82) is 0 Å². The quantitative estimate of drug-likeness (QED) is 0.521. The summed E-state index contributed by atoms with van der Waals surface area (Å²) >= 11 is 2.94. The van der Waals surface area contributed by atoms with Gasteiger partial charge in [-0.15, -0.1) is 0 Å². The van der Waals surface area contributed by atoms with Crippen LogP contribution < -0.4 is 0 Å². The van der Waals surface area contributed by atoms with Gasteiger partial charge in [0.05, 0.1) is 0 Å². The highest BCUT2D eigenvalue weighted by Gasteiger charge is 1.72. The van der Waals surface area contributed by atoms with Crippen LogP contribution in [-0.4, -0.2) is 5.83 Å². The standard InChI is InChI=1S/2C7H8.C2H6.CH3Br/c2*1-7-5-3-2-4-6-7;2*1-2/h2*2-6H,1H3;1-2H3;1H3. The molecule has 0 heterocycles. The van der Waals surface area contributed by atoms with Gasteiger partial charge in [0.1, 0.15) is 0 Å². The average molecular weight is 309 g/mol. The Bertz CT molecular complexity index is 303. The summed E-state index contributed by atoms with van der Waals surface area (Å²) in [5.74, 6) is 1.81. The highest BCUT2D eigenvalue weighted by Crippen LogP contribution is 1.92. The molecular weight excluding hydrogens is 284 g/mol. The highest BCUT2D eigenvalue weighted by molar-refractivity contribution is 9.08. The zero-order chi connectivity index (χ0) is 14.2. The molecule has 0 spiro atoms. The monoisotopic (exact) mass is 308 g/mol. The lowest BCUT2D eigenvalue weighted by Gasteiger charge is -1.82. The topological polar surface area (TPSA) is 0 Å². The maximum atomic E-state index is 2.94. The summed E-state index contributed by atoms with van der Waals surface area (Å²) in [6, 6.07) is 20.5. The predicted octanol–water partition coefficient (Wildman–Crippen LogP) is 6.03. The number of hydrogen-bond acceptors (Lipinski definition) is 0. The molecule has 1 heteroatoms. The van der Waals surface area contributed by atoms with Gasteiger partial charge in [0, 0.05) is 0 Å². The van der Waals surface area contributed by atoms with E-state index in [0.717, 1.165) is 0 Å². The molecule has 0 aliphatic carbocycles. The molecule has 0 saturated heterocycles. The van der Waals surface area contributed by atoms with Crippen molar-refractivity contribution < 1.29 is 0 Å². The van der Waals surface area contributed by atoms with Gasteiger partial charge in [0.2, 0.25) is 0 Å². The van der Waals surface area contributed by atoms with Gasteiger partial charge in [-0.05, 0) is 19.7 Å². The van der Waals surface area contributed by atoms with Gasteiger partial charge < -0.3 is 0 Å². The Morgan fingerprint density at radius 3 is 0.889 bits per heavy atom. The molecule has 0 aliphatic rings. The van der Waals surface area contributed by atoms with Crippen LogP contribution in [0.3, 0.4) is 0 Å². The van der Waals surface area contributed by atoms with Gasteiger partial charge in [0.15, 0.2) is 0 Å². The number of hydrogen-bond donors (Lipinski definition) is 0. The summed E-state index contributed by atoms with van der Waals surface area (Å²) in [4.78, 5) is 0. The van der Waals surface area contributed by atoms with Crippen molar-refractivity contribution in [2.45, 2.75) is 27.7 Å². The zero-order valence-corrected chi connectivity index (χ0v) is 13.7. The minimum absolute atomic E-state index is 1.32. The summed E-state index contributed by atoms with van der Waals surface area (Å²) < 4.78 is 0. The molecular formula is C17H25Br. The van der Waals surface area contributed by atoms with Crippen LogP contribution in [0.25, 0.3) is 0 Å². The first-order chi connectivity index (χ1) is 8.79. The first-order valence-corrected chi connectivity index (χ1v) is 7.79. The summed E-state index contributed by atoms with van der Waals surface area (Å²) in [6.45, 7) is 8.17. The molecule has 0 atom stereocenters. The van der Waals surface area contributed by atoms with E-state index in [4.69, 9.17) is 0 Å². The average Bonchev–Trinajstić information content (AvgIpc) is 2.46. The second-order valence-electron chi connectivity index (χ2n) is 3.31. The molecule has 100 valence electrons. The highest BCUT2D eigenvalue weighted by atomic mass is 79.9. The van der Waals surface area contributed by atoms with Crippen molar-refractivity contribution in [2.75, 3.05) is 5.83 Å². The van der Waals surface area contributed by atoms with Crippen molar-refractivity contribution in [3.63, 3.8) is 0 Å². The maximum Gasteiger partial charge on any atom is -0.00848 e. The number of aryl methyl sites for hydroxylation is 2. The molecule has 2 aromatic rings. The van der Waals surface area contributed by atoms with E-state index in [1.165, 1.54) is 11.1 Å². The number of alkyl halides is 1. The van der Waals surface area contributed by atoms with Crippen molar-refractivity contribution in [3.05, 3.63) is 71.8 Å². The van der Waals surface area contributed by atoms with Gasteiger partial charge >= 0.3 is 0 Å². The number of benzene rings is 2. The summed E-state index contributed by atoms with van der Waals surface area (Å²) in [5, 5.41) is 0. The molecule has 2 aromatic carbocycles. The smallest absolute Gasteiger partial charge is 0.00848 e. The molecule has 18 heavy (non-hydrogen) atoms. The van der Waals surface area contributed by atoms with E-state index in [0.29, 0.717) is 0 Å². The summed E-state index contributed by atoms with van der Waals surface area (Å²) in [5.41, 5.74) is 2.64. The molecule has 0 saturated carbocycles. The van der Waals surface area contributed by atoms with Crippen molar-refractivity contribution in [2.24, 2.45) is 0 Å². The van der Waals surface area contributed by atoms with E-state index in [2.05, 4.69) is 54.0 Å². The molecule has 0 nitrogen and oxygen atoms in total. The van der Waals surface area contributed by atoms with Crippen molar-refractivity contribution >= 4 is 15.9 Å². The van der Waals surface area contributed by atoms with Crippen LogP contribution in [-0.2, 0) is 0 Å². The SMILES string of the molecule is CBr.CC.Cc1ccccc1.Cc1ccccc1. The zero-order valence-electron chi connectivity index (χ0n) is 12.2. The minimum atomic E-state index is 1.32. The van der Waals surface area contributed by atoms with Gasteiger partial charge in [-0.1, -0.05) is 102 Å². The summed E-state index contributed by atoms with van der Waals surface area (Å²) in [6.07, 6.45) is 0. The Hall–Kier alpha value is -1.08. The molecule has 0 unspecified atom stereocenters. The van der Waals surface area contributed by atoms with E-state index in [9.17, 15) is 0 Å². The second-order valence-corrected chi connectivity index (χ2v) is 3.31. The van der Waals surface area contributed by atoms with E-state index < -0.39 is 0 Å². The fourth-order valence-electron chi connectivity index (χ4n) is 1.07. The first-order valence-electron chi connectivity index (χ1n) is 6.20.